The molecule has 252 valence electrons. The Bertz CT molecular complexity index is 972. The molecule has 44 heavy (non-hydrogen) atoms. The highest BCUT2D eigenvalue weighted by Gasteiger charge is 2.09. The van der Waals surface area contributed by atoms with Crippen LogP contribution >= 0.6 is 23.2 Å². The summed E-state index contributed by atoms with van der Waals surface area (Å²) in [6.45, 7) is 11.0. The molecule has 0 radical (unpaired) electrons. The maximum absolute atomic E-state index is 9.56. The Hall–Kier alpha value is -1.88. The minimum absolute atomic E-state index is 0.181. The van der Waals surface area contributed by atoms with E-state index in [-0.39, 0.29) is 5.75 Å². The molecule has 1 heterocycles. The van der Waals surface area contributed by atoms with Crippen LogP contribution in [0, 0.1) is 0 Å². The summed E-state index contributed by atoms with van der Waals surface area (Å²) in [7, 11) is 1.56. The number of halogens is 2. The Morgan fingerprint density at radius 2 is 1.55 bits per heavy atom. The third-order valence-corrected chi connectivity index (χ3v) is 7.63. The van der Waals surface area contributed by atoms with Crippen molar-refractivity contribution in [3.63, 3.8) is 0 Å². The van der Waals surface area contributed by atoms with Gasteiger partial charge in [0.2, 0.25) is 5.28 Å². The number of aryl methyl sites for hydroxylation is 1. The second kappa shape index (κ2) is 27.4. The molecule has 0 saturated carbocycles. The van der Waals surface area contributed by atoms with Crippen LogP contribution in [-0.4, -0.2) is 73.4 Å². The van der Waals surface area contributed by atoms with Crippen LogP contribution in [-0.2, 0) is 13.0 Å². The molecule has 0 aliphatic carbocycles. The van der Waals surface area contributed by atoms with E-state index in [0.717, 1.165) is 107 Å². The third-order valence-electron chi connectivity index (χ3n) is 7.19. The number of hydrogen-bond donors (Lipinski definition) is 6. The smallest absolute Gasteiger partial charge is 0.224 e. The quantitative estimate of drug-likeness (QED) is 0.0417. The van der Waals surface area contributed by atoms with Gasteiger partial charge in [0.15, 0.2) is 11.5 Å². The molecular weight excluding hydrogens is 597 g/mol. The number of phenols is 1. The summed E-state index contributed by atoms with van der Waals surface area (Å²) >= 11 is 11.6. The Labute approximate surface area is 276 Å². The minimum atomic E-state index is 0.181. The molecule has 0 bridgehead atoms. The number of unbranched alkanes of at least 4 members (excludes halogenated alkanes) is 4. The zero-order valence-corrected chi connectivity index (χ0v) is 28.9. The van der Waals surface area contributed by atoms with Gasteiger partial charge in [-0.25, -0.2) is 9.97 Å². The fourth-order valence-electron chi connectivity index (χ4n) is 4.53. The number of ether oxygens (including phenoxy) is 1. The first kappa shape index (κ1) is 40.1. The Morgan fingerprint density at radius 1 is 0.864 bits per heavy atom. The maximum Gasteiger partial charge on any atom is 0.224 e. The van der Waals surface area contributed by atoms with Crippen LogP contribution in [0.4, 0.5) is 5.82 Å². The summed E-state index contributed by atoms with van der Waals surface area (Å²) in [6.07, 6.45) is 12.5. The largest absolute Gasteiger partial charge is 0.504 e. The van der Waals surface area contributed by atoms with Gasteiger partial charge in [0.1, 0.15) is 5.82 Å². The van der Waals surface area contributed by atoms with Crippen molar-refractivity contribution in [3.05, 3.63) is 40.8 Å². The number of hydrogen-bond acceptors (Lipinski definition) is 9. The lowest BCUT2D eigenvalue weighted by Gasteiger charge is -2.18. The van der Waals surface area contributed by atoms with E-state index in [2.05, 4.69) is 45.1 Å². The Balaban J connectivity index is 0.000000447. The van der Waals surface area contributed by atoms with Crippen LogP contribution in [0.5, 0.6) is 11.5 Å². The average Bonchev–Trinajstić information content (AvgIpc) is 3.03. The topological polar surface area (TPSA) is 129 Å². The van der Waals surface area contributed by atoms with E-state index in [0.29, 0.717) is 17.1 Å². The van der Waals surface area contributed by atoms with Crippen LogP contribution in [0.15, 0.2) is 24.3 Å². The predicted molar refractivity (Wildman–Crippen MR) is 188 cm³/mol. The molecule has 0 aliphatic heterocycles. The summed E-state index contributed by atoms with van der Waals surface area (Å²) in [5.74, 6) is 2.32. The van der Waals surface area contributed by atoms with Gasteiger partial charge in [-0.05, 0) is 120 Å². The second-order valence-electron chi connectivity index (χ2n) is 10.9. The Morgan fingerprint density at radius 3 is 2.20 bits per heavy atom. The predicted octanol–water partition coefficient (Wildman–Crippen LogP) is 6.26. The van der Waals surface area contributed by atoms with Crippen molar-refractivity contribution in [2.75, 3.05) is 57.6 Å². The molecule has 2 rings (SSSR count). The number of phenolic OH excluding ortho intramolecular Hbond substituents is 1. The standard InChI is InChI=1S/C18H34N4O2.C15H25Cl2N3/c1-24-18-14-16(6-7-17(18)23)15-22-13-5-12-21-10-3-2-9-20-11-4-8-19;1-3-12(9-7-5-6-8-10-16)18-14-11-13(4-2)19-15(17)20-14/h6-7,14,20-23H,2-5,8-13,15,19H2,1H3;11-12H,3-10H2,1-2H3,(H,18,19,20). The second-order valence-corrected chi connectivity index (χ2v) is 11.6. The number of benzene rings is 1. The lowest BCUT2D eigenvalue weighted by atomic mass is 10.1. The fourth-order valence-corrected chi connectivity index (χ4v) is 4.92. The van der Waals surface area contributed by atoms with Gasteiger partial charge >= 0.3 is 0 Å². The minimum Gasteiger partial charge on any atom is -0.504 e. The molecule has 2 aromatic rings. The Kier molecular flexibility index (Phi) is 25.0. The molecule has 0 saturated heterocycles. The third kappa shape index (κ3) is 20.2. The summed E-state index contributed by atoms with van der Waals surface area (Å²) in [5.41, 5.74) is 7.53. The van der Waals surface area contributed by atoms with E-state index < -0.39 is 0 Å². The number of nitrogens with zero attached hydrogens (tertiary/aromatic N) is 2. The number of rotatable bonds is 25. The molecule has 11 heteroatoms. The first-order chi connectivity index (χ1) is 21.5. The molecule has 0 aliphatic rings. The molecule has 1 unspecified atom stereocenters. The number of anilines is 1. The van der Waals surface area contributed by atoms with Crippen LogP contribution in [0.1, 0.15) is 89.3 Å². The normalized spacial score (nSPS) is 11.6. The number of aromatic hydroxyl groups is 1. The van der Waals surface area contributed by atoms with Gasteiger partial charge in [-0.1, -0.05) is 39.2 Å². The highest BCUT2D eigenvalue weighted by molar-refractivity contribution is 6.28. The first-order valence-electron chi connectivity index (χ1n) is 16.5. The summed E-state index contributed by atoms with van der Waals surface area (Å²) in [4.78, 5) is 8.44. The molecule has 9 nitrogen and oxygen atoms in total. The number of methoxy groups -OCH3 is 1. The number of aromatic nitrogens is 2. The molecule has 7 N–H and O–H groups in total. The maximum atomic E-state index is 9.56. The summed E-state index contributed by atoms with van der Waals surface area (Å²) in [5, 5.41) is 23.6. The number of alkyl halides is 1. The molecule has 1 aromatic carbocycles. The number of nitrogens with two attached hydrogens (primary N) is 1. The monoisotopic (exact) mass is 655 g/mol. The van der Waals surface area contributed by atoms with Crippen molar-refractivity contribution in [1.82, 2.24) is 25.9 Å². The van der Waals surface area contributed by atoms with Crippen molar-refractivity contribution in [1.29, 1.82) is 0 Å². The lowest BCUT2D eigenvalue weighted by Crippen LogP contribution is -2.24. The average molecular weight is 657 g/mol. The van der Waals surface area contributed by atoms with Crippen molar-refractivity contribution in [3.8, 4) is 11.5 Å². The molecule has 1 atom stereocenters. The summed E-state index contributed by atoms with van der Waals surface area (Å²) in [6, 6.07) is 7.87. The zero-order valence-electron chi connectivity index (χ0n) is 27.4. The van der Waals surface area contributed by atoms with Gasteiger partial charge in [-0.2, -0.15) is 0 Å². The number of nitrogens with one attached hydrogen (secondary N) is 4. The van der Waals surface area contributed by atoms with E-state index in [1.165, 1.54) is 32.1 Å². The zero-order chi connectivity index (χ0) is 32.3. The van der Waals surface area contributed by atoms with Gasteiger partial charge in [0.05, 0.1) is 7.11 Å². The first-order valence-corrected chi connectivity index (χ1v) is 17.4. The van der Waals surface area contributed by atoms with Crippen molar-refractivity contribution < 1.29 is 9.84 Å². The van der Waals surface area contributed by atoms with Crippen LogP contribution < -0.4 is 31.7 Å². The summed E-state index contributed by atoms with van der Waals surface area (Å²) < 4.78 is 5.11. The highest BCUT2D eigenvalue weighted by atomic mass is 35.5. The van der Waals surface area contributed by atoms with Gasteiger partial charge in [0.25, 0.3) is 0 Å². The van der Waals surface area contributed by atoms with Gasteiger partial charge < -0.3 is 36.8 Å². The van der Waals surface area contributed by atoms with Crippen LogP contribution in [0.2, 0.25) is 5.28 Å². The van der Waals surface area contributed by atoms with E-state index >= 15 is 0 Å². The van der Waals surface area contributed by atoms with Crippen LogP contribution in [0.3, 0.4) is 0 Å². The van der Waals surface area contributed by atoms with Gasteiger partial charge in [-0.15, -0.1) is 11.6 Å². The molecule has 0 amide bonds. The molecule has 0 fully saturated rings. The van der Waals surface area contributed by atoms with E-state index in [9.17, 15) is 5.11 Å². The highest BCUT2D eigenvalue weighted by Crippen LogP contribution is 2.26. The van der Waals surface area contributed by atoms with Crippen molar-refractivity contribution in [2.24, 2.45) is 5.73 Å². The van der Waals surface area contributed by atoms with Crippen molar-refractivity contribution in [2.45, 2.75) is 97.1 Å². The lowest BCUT2D eigenvalue weighted by molar-refractivity contribution is 0.373. The van der Waals surface area contributed by atoms with E-state index in [1.807, 2.05) is 18.2 Å². The SMILES string of the molecule is CCc1cc(NC(CC)CCCCCCCl)nc(Cl)n1.COc1cc(CNCCCNCCCCNCCCN)ccc1O. The van der Waals surface area contributed by atoms with E-state index in [4.69, 9.17) is 33.7 Å². The molecule has 1 aromatic heterocycles. The van der Waals surface area contributed by atoms with Crippen LogP contribution in [0.25, 0.3) is 0 Å². The van der Waals surface area contributed by atoms with Gasteiger partial charge in [0, 0.05) is 30.2 Å². The molecular formula is C33H59Cl2N7O2. The van der Waals surface area contributed by atoms with E-state index in [1.54, 1.807) is 13.2 Å². The van der Waals surface area contributed by atoms with Crippen molar-refractivity contribution >= 4 is 29.0 Å². The molecule has 0 spiro atoms. The fraction of sp³-hybridized carbons (Fsp3) is 0.697. The van der Waals surface area contributed by atoms with Gasteiger partial charge in [-0.3, -0.25) is 0 Å².